The van der Waals surface area contributed by atoms with Gasteiger partial charge in [-0.3, -0.25) is 9.52 Å². The summed E-state index contributed by atoms with van der Waals surface area (Å²) in [5, 5.41) is 0.238. The van der Waals surface area contributed by atoms with Crippen molar-refractivity contribution >= 4 is 32.5 Å². The predicted octanol–water partition coefficient (Wildman–Crippen LogP) is 5.73. The smallest absolute Gasteiger partial charge is 0.265 e. The summed E-state index contributed by atoms with van der Waals surface area (Å²) in [4.78, 5) is 27.9. The van der Waals surface area contributed by atoms with Gasteiger partial charge in [-0.15, -0.1) is 0 Å². The van der Waals surface area contributed by atoms with Crippen LogP contribution in [-0.2, 0) is 10.0 Å². The predicted molar refractivity (Wildman–Crippen MR) is 138 cm³/mol. The standard InChI is InChI=1S/C27H19F4N5O3S/c1-13(2)26-32-10-15(11-33-26)14-7-17-18(12-35-27(17)34-9-14)25(37)23-20(30)5-6-21(24(23)31)36-40(38,39)22-8-16(28)3-4-19(22)29/h3-13,36H,1-2H3,(H,34,35). The monoisotopic (exact) mass is 569 g/mol. The number of nitrogens with one attached hydrogen (secondary N) is 2. The Hall–Kier alpha value is -4.65. The molecule has 40 heavy (non-hydrogen) atoms. The summed E-state index contributed by atoms with van der Waals surface area (Å²) >= 11 is 0. The van der Waals surface area contributed by atoms with Crippen molar-refractivity contribution in [2.75, 3.05) is 4.72 Å². The lowest BCUT2D eigenvalue weighted by Crippen LogP contribution is -2.17. The van der Waals surface area contributed by atoms with Crippen LogP contribution in [0.25, 0.3) is 22.2 Å². The zero-order valence-electron chi connectivity index (χ0n) is 20.8. The highest BCUT2D eigenvalue weighted by Crippen LogP contribution is 2.30. The van der Waals surface area contributed by atoms with Crippen LogP contribution in [0.2, 0.25) is 0 Å². The average Bonchev–Trinajstić information content (AvgIpc) is 3.35. The molecule has 0 aliphatic carbocycles. The van der Waals surface area contributed by atoms with Gasteiger partial charge in [-0.2, -0.15) is 0 Å². The number of benzene rings is 2. The first-order chi connectivity index (χ1) is 19.0. The lowest BCUT2D eigenvalue weighted by molar-refractivity contribution is 0.103. The van der Waals surface area contributed by atoms with Crippen molar-refractivity contribution in [2.45, 2.75) is 24.7 Å². The summed E-state index contributed by atoms with van der Waals surface area (Å²) < 4.78 is 84.9. The van der Waals surface area contributed by atoms with Crippen LogP contribution in [0.4, 0.5) is 23.2 Å². The largest absolute Gasteiger partial charge is 0.345 e. The third kappa shape index (κ3) is 4.91. The Morgan fingerprint density at radius 1 is 0.900 bits per heavy atom. The molecule has 0 aliphatic rings. The minimum Gasteiger partial charge on any atom is -0.345 e. The number of carbonyl (C=O) groups is 1. The van der Waals surface area contributed by atoms with Crippen LogP contribution < -0.4 is 4.72 Å². The van der Waals surface area contributed by atoms with Crippen molar-refractivity contribution in [3.05, 3.63) is 101 Å². The van der Waals surface area contributed by atoms with E-state index in [0.29, 0.717) is 41.2 Å². The Balaban J connectivity index is 1.53. The highest BCUT2D eigenvalue weighted by atomic mass is 32.2. The van der Waals surface area contributed by atoms with Crippen molar-refractivity contribution in [1.29, 1.82) is 0 Å². The second kappa shape index (κ2) is 10.2. The minimum atomic E-state index is -4.84. The van der Waals surface area contributed by atoms with E-state index in [4.69, 9.17) is 0 Å². The molecule has 0 bridgehead atoms. The van der Waals surface area contributed by atoms with Gasteiger partial charge in [0, 0.05) is 52.8 Å². The number of aromatic nitrogens is 4. The summed E-state index contributed by atoms with van der Waals surface area (Å²) in [7, 11) is -4.84. The fraction of sp³-hybridized carbons (Fsp3) is 0.111. The number of hydrogen-bond donors (Lipinski definition) is 2. The van der Waals surface area contributed by atoms with Gasteiger partial charge in [-0.25, -0.2) is 40.9 Å². The molecule has 0 spiro atoms. The SMILES string of the molecule is CC(C)c1ncc(-c2cnc3[nH]cc(C(=O)c4c(F)ccc(NS(=O)(=O)c5cc(F)ccc5F)c4F)c3c2)cn1. The molecular formula is C27H19F4N5O3S. The zero-order valence-corrected chi connectivity index (χ0v) is 21.7. The molecule has 3 aromatic heterocycles. The third-order valence-electron chi connectivity index (χ3n) is 6.04. The summed E-state index contributed by atoms with van der Waals surface area (Å²) in [6, 6.07) is 4.69. The Morgan fingerprint density at radius 2 is 1.57 bits per heavy atom. The van der Waals surface area contributed by atoms with Gasteiger partial charge in [0.05, 0.1) is 11.3 Å². The van der Waals surface area contributed by atoms with E-state index in [-0.39, 0.29) is 22.5 Å². The molecule has 0 unspecified atom stereocenters. The topological polar surface area (TPSA) is 118 Å². The van der Waals surface area contributed by atoms with Crippen molar-refractivity contribution in [2.24, 2.45) is 0 Å². The van der Waals surface area contributed by atoms with Gasteiger partial charge in [0.25, 0.3) is 10.0 Å². The molecule has 0 fully saturated rings. The molecule has 3 heterocycles. The Labute approximate surface area is 225 Å². The van der Waals surface area contributed by atoms with Crippen LogP contribution in [-0.4, -0.2) is 34.1 Å². The highest BCUT2D eigenvalue weighted by molar-refractivity contribution is 7.92. The number of sulfonamides is 1. The fourth-order valence-corrected chi connectivity index (χ4v) is 5.14. The normalized spacial score (nSPS) is 11.8. The Kier molecular flexibility index (Phi) is 6.84. The zero-order chi connectivity index (χ0) is 28.8. The van der Waals surface area contributed by atoms with E-state index < -0.39 is 55.2 Å². The average molecular weight is 570 g/mol. The maximum absolute atomic E-state index is 15.5. The number of nitrogens with zero attached hydrogens (tertiary/aromatic N) is 3. The van der Waals surface area contributed by atoms with E-state index in [2.05, 4.69) is 19.9 Å². The maximum Gasteiger partial charge on any atom is 0.265 e. The van der Waals surface area contributed by atoms with Gasteiger partial charge in [-0.05, 0) is 36.4 Å². The van der Waals surface area contributed by atoms with Crippen molar-refractivity contribution < 1.29 is 30.8 Å². The van der Waals surface area contributed by atoms with Gasteiger partial charge < -0.3 is 4.98 Å². The lowest BCUT2D eigenvalue weighted by Gasteiger charge is -2.12. The molecule has 0 saturated carbocycles. The van der Waals surface area contributed by atoms with Crippen molar-refractivity contribution in [3.63, 3.8) is 0 Å². The van der Waals surface area contributed by atoms with E-state index in [1.807, 2.05) is 13.8 Å². The van der Waals surface area contributed by atoms with E-state index in [0.717, 1.165) is 6.07 Å². The molecule has 13 heteroatoms. The molecule has 5 aromatic rings. The number of hydrogen-bond acceptors (Lipinski definition) is 6. The van der Waals surface area contributed by atoms with E-state index in [1.54, 1.807) is 23.2 Å². The molecule has 2 aromatic carbocycles. The molecule has 204 valence electrons. The Morgan fingerprint density at radius 3 is 2.27 bits per heavy atom. The molecule has 0 aliphatic heterocycles. The third-order valence-corrected chi connectivity index (χ3v) is 7.42. The number of anilines is 1. The van der Waals surface area contributed by atoms with Gasteiger partial charge in [0.1, 0.15) is 33.8 Å². The van der Waals surface area contributed by atoms with E-state index in [9.17, 15) is 26.4 Å². The second-order valence-corrected chi connectivity index (χ2v) is 10.8. The highest BCUT2D eigenvalue weighted by Gasteiger charge is 2.28. The summed E-state index contributed by atoms with van der Waals surface area (Å²) in [5.74, 6) is -5.51. The van der Waals surface area contributed by atoms with Crippen LogP contribution in [0.1, 0.15) is 41.5 Å². The first-order valence-electron chi connectivity index (χ1n) is 11.8. The Bertz CT molecular complexity index is 1890. The number of pyridine rings is 1. The number of halogens is 4. The molecule has 2 N–H and O–H groups in total. The van der Waals surface area contributed by atoms with Crippen LogP contribution >= 0.6 is 0 Å². The van der Waals surface area contributed by atoms with E-state index in [1.165, 1.54) is 12.4 Å². The molecule has 0 atom stereocenters. The van der Waals surface area contributed by atoms with Crippen LogP contribution in [0.15, 0.2) is 66.1 Å². The van der Waals surface area contributed by atoms with Gasteiger partial charge >= 0.3 is 0 Å². The lowest BCUT2D eigenvalue weighted by atomic mass is 10.0. The van der Waals surface area contributed by atoms with Gasteiger partial charge in [-0.1, -0.05) is 13.8 Å². The molecular weight excluding hydrogens is 550 g/mol. The van der Waals surface area contributed by atoms with Crippen molar-refractivity contribution in [1.82, 2.24) is 19.9 Å². The maximum atomic E-state index is 15.5. The summed E-state index contributed by atoms with van der Waals surface area (Å²) in [6.45, 7) is 3.89. The van der Waals surface area contributed by atoms with Gasteiger partial charge in [0.2, 0.25) is 5.78 Å². The summed E-state index contributed by atoms with van der Waals surface area (Å²) in [6.07, 6.45) is 5.92. The van der Waals surface area contributed by atoms with Crippen LogP contribution in [0.3, 0.4) is 0 Å². The summed E-state index contributed by atoms with van der Waals surface area (Å²) in [5.41, 5.74) is -0.651. The minimum absolute atomic E-state index is 0.112. The number of ketones is 1. The number of H-pyrrole nitrogens is 1. The first-order valence-corrected chi connectivity index (χ1v) is 13.2. The molecule has 0 radical (unpaired) electrons. The number of rotatable bonds is 7. The number of fused-ring (bicyclic) bond motifs is 1. The molecule has 5 rings (SSSR count). The fourth-order valence-electron chi connectivity index (χ4n) is 3.99. The molecule has 8 nitrogen and oxygen atoms in total. The molecule has 0 saturated heterocycles. The van der Waals surface area contributed by atoms with Crippen LogP contribution in [0.5, 0.6) is 0 Å². The number of aromatic amines is 1. The molecule has 0 amide bonds. The van der Waals surface area contributed by atoms with Crippen molar-refractivity contribution in [3.8, 4) is 11.1 Å². The quantitative estimate of drug-likeness (QED) is 0.191. The van der Waals surface area contributed by atoms with E-state index >= 15 is 4.39 Å². The number of carbonyl (C=O) groups excluding carboxylic acids is 1. The van der Waals surface area contributed by atoms with Crippen LogP contribution in [0, 0.1) is 23.3 Å². The second-order valence-electron chi connectivity index (χ2n) is 9.10. The first kappa shape index (κ1) is 26.9. The van der Waals surface area contributed by atoms with Gasteiger partial charge in [0.15, 0.2) is 5.82 Å².